The van der Waals surface area contributed by atoms with Gasteiger partial charge in [0.2, 0.25) is 0 Å². The Bertz CT molecular complexity index is 991. The van der Waals surface area contributed by atoms with Crippen molar-refractivity contribution in [2.24, 2.45) is 0 Å². The lowest BCUT2D eigenvalue weighted by atomic mass is 9.70. The Morgan fingerprint density at radius 2 is 1.40 bits per heavy atom. The number of rotatable bonds is 6. The Morgan fingerprint density at radius 3 is 1.97 bits per heavy atom. The summed E-state index contributed by atoms with van der Waals surface area (Å²) in [5.74, 6) is 0.940. The molecule has 0 unspecified atom stereocenters. The third-order valence-corrected chi connectivity index (χ3v) is 6.70. The molecule has 0 bridgehead atoms. The number of hydrogen-bond acceptors (Lipinski definition) is 2. The minimum atomic E-state index is -0.0864. The molecule has 3 aromatic carbocycles. The van der Waals surface area contributed by atoms with Gasteiger partial charge >= 0.3 is 0 Å². The number of likely N-dealkylation sites (tertiary alicyclic amines) is 1. The van der Waals surface area contributed by atoms with Crippen LogP contribution in [0.3, 0.4) is 0 Å². The van der Waals surface area contributed by atoms with Gasteiger partial charge in [0.05, 0.1) is 7.11 Å². The zero-order valence-corrected chi connectivity index (χ0v) is 17.7. The van der Waals surface area contributed by atoms with Gasteiger partial charge in [-0.15, -0.1) is 0 Å². The first-order valence-electron chi connectivity index (χ1n) is 11.0. The summed E-state index contributed by atoms with van der Waals surface area (Å²) in [5.41, 5.74) is 6.90. The van der Waals surface area contributed by atoms with Crippen LogP contribution >= 0.6 is 0 Å². The highest BCUT2D eigenvalue weighted by Gasteiger charge is 2.44. The molecule has 0 N–H and O–H groups in total. The maximum atomic E-state index is 5.66. The van der Waals surface area contributed by atoms with Crippen molar-refractivity contribution in [2.75, 3.05) is 20.2 Å². The standard InChI is InChI=1S/C28H29NO/c1-30-25-15-14-24-18-27(29-16-8-9-17-29)28(26(24)19-25,20-22-10-4-2-5-11-22)21-23-12-6-3-7-13-23/h2-7,10-15,18-19H,8-9,16-17,20-21H2,1H3. The number of nitrogens with zero attached hydrogens (tertiary/aromatic N) is 1. The number of methoxy groups -OCH3 is 1. The second kappa shape index (κ2) is 8.02. The maximum Gasteiger partial charge on any atom is 0.119 e. The van der Waals surface area contributed by atoms with E-state index in [9.17, 15) is 0 Å². The third-order valence-electron chi connectivity index (χ3n) is 6.70. The van der Waals surface area contributed by atoms with Crippen LogP contribution in [-0.2, 0) is 18.3 Å². The minimum Gasteiger partial charge on any atom is -0.497 e. The van der Waals surface area contributed by atoms with E-state index >= 15 is 0 Å². The molecule has 1 aliphatic carbocycles. The number of ether oxygens (including phenoxy) is 1. The van der Waals surface area contributed by atoms with Crippen LogP contribution in [-0.4, -0.2) is 25.1 Å². The third kappa shape index (κ3) is 3.41. The van der Waals surface area contributed by atoms with Crippen LogP contribution in [0.4, 0.5) is 0 Å². The first kappa shape index (κ1) is 19.0. The summed E-state index contributed by atoms with van der Waals surface area (Å²) in [6.45, 7) is 2.31. The molecule has 1 fully saturated rings. The molecular weight excluding hydrogens is 366 g/mol. The van der Waals surface area contributed by atoms with Crippen LogP contribution in [0.15, 0.2) is 84.6 Å². The van der Waals surface area contributed by atoms with Crippen molar-refractivity contribution in [1.82, 2.24) is 4.90 Å². The Hall–Kier alpha value is -3.00. The molecule has 0 atom stereocenters. The van der Waals surface area contributed by atoms with Crippen molar-refractivity contribution in [3.8, 4) is 5.75 Å². The zero-order valence-electron chi connectivity index (χ0n) is 17.7. The Balaban J connectivity index is 1.69. The summed E-state index contributed by atoms with van der Waals surface area (Å²) in [4.78, 5) is 2.64. The van der Waals surface area contributed by atoms with E-state index in [0.717, 1.165) is 31.7 Å². The van der Waals surface area contributed by atoms with Gasteiger partial charge in [0, 0.05) is 24.2 Å². The molecule has 0 radical (unpaired) electrons. The van der Waals surface area contributed by atoms with Crippen LogP contribution in [0.5, 0.6) is 5.75 Å². The fourth-order valence-electron chi connectivity index (χ4n) is 5.30. The molecule has 2 aliphatic rings. The molecule has 2 heteroatoms. The fourth-order valence-corrected chi connectivity index (χ4v) is 5.30. The van der Waals surface area contributed by atoms with E-state index in [0.29, 0.717) is 0 Å². The van der Waals surface area contributed by atoms with E-state index in [2.05, 4.69) is 89.8 Å². The average Bonchev–Trinajstić information content (AvgIpc) is 3.42. The molecule has 0 saturated carbocycles. The van der Waals surface area contributed by atoms with Crippen LogP contribution in [0.25, 0.3) is 6.08 Å². The summed E-state index contributed by atoms with van der Waals surface area (Å²) >= 11 is 0. The highest BCUT2D eigenvalue weighted by atomic mass is 16.5. The van der Waals surface area contributed by atoms with Gasteiger partial charge in [-0.2, -0.15) is 0 Å². The summed E-state index contributed by atoms with van der Waals surface area (Å²) < 4.78 is 5.66. The SMILES string of the molecule is COc1ccc2c(c1)C(Cc1ccccc1)(Cc1ccccc1)C(N1CCCC1)=C2. The first-order chi connectivity index (χ1) is 14.8. The first-order valence-corrected chi connectivity index (χ1v) is 11.0. The number of hydrogen-bond donors (Lipinski definition) is 0. The predicted molar refractivity (Wildman–Crippen MR) is 124 cm³/mol. The van der Waals surface area contributed by atoms with E-state index in [4.69, 9.17) is 4.74 Å². The van der Waals surface area contributed by atoms with Crippen LogP contribution < -0.4 is 4.74 Å². The number of allylic oxidation sites excluding steroid dienone is 1. The topological polar surface area (TPSA) is 12.5 Å². The van der Waals surface area contributed by atoms with E-state index in [1.54, 1.807) is 7.11 Å². The van der Waals surface area contributed by atoms with Crippen molar-refractivity contribution < 1.29 is 4.74 Å². The predicted octanol–water partition coefficient (Wildman–Crippen LogP) is 5.87. The largest absolute Gasteiger partial charge is 0.497 e. The fraction of sp³-hybridized carbons (Fsp3) is 0.286. The lowest BCUT2D eigenvalue weighted by molar-refractivity contribution is 0.329. The van der Waals surface area contributed by atoms with E-state index in [-0.39, 0.29) is 5.41 Å². The van der Waals surface area contributed by atoms with Crippen molar-refractivity contribution in [2.45, 2.75) is 31.1 Å². The molecule has 0 amide bonds. The van der Waals surface area contributed by atoms with E-state index in [1.807, 2.05) is 0 Å². The zero-order chi connectivity index (χ0) is 20.4. The second-order valence-corrected chi connectivity index (χ2v) is 8.58. The molecule has 5 rings (SSSR count). The van der Waals surface area contributed by atoms with Gasteiger partial charge in [0.15, 0.2) is 0 Å². The molecule has 2 nitrogen and oxygen atoms in total. The smallest absolute Gasteiger partial charge is 0.119 e. The van der Waals surface area contributed by atoms with Crippen LogP contribution in [0.1, 0.15) is 35.1 Å². The number of benzene rings is 3. The summed E-state index contributed by atoms with van der Waals surface area (Å²) in [7, 11) is 1.77. The molecule has 152 valence electrons. The maximum absolute atomic E-state index is 5.66. The molecule has 3 aromatic rings. The lowest BCUT2D eigenvalue weighted by Crippen LogP contribution is -2.39. The van der Waals surface area contributed by atoms with Crippen molar-refractivity contribution in [3.63, 3.8) is 0 Å². The van der Waals surface area contributed by atoms with Gasteiger partial charge in [0.1, 0.15) is 5.75 Å². The Kier molecular flexibility index (Phi) is 5.08. The van der Waals surface area contributed by atoms with Gasteiger partial charge in [-0.25, -0.2) is 0 Å². The van der Waals surface area contributed by atoms with Crippen molar-refractivity contribution in [3.05, 3.63) is 107 Å². The van der Waals surface area contributed by atoms with Gasteiger partial charge in [-0.3, -0.25) is 0 Å². The molecule has 1 saturated heterocycles. The van der Waals surface area contributed by atoms with E-state index in [1.165, 1.54) is 40.8 Å². The molecular formula is C28H29NO. The lowest BCUT2D eigenvalue weighted by Gasteiger charge is -2.39. The summed E-state index contributed by atoms with van der Waals surface area (Å²) in [5, 5.41) is 0. The van der Waals surface area contributed by atoms with Crippen LogP contribution in [0.2, 0.25) is 0 Å². The van der Waals surface area contributed by atoms with Crippen molar-refractivity contribution in [1.29, 1.82) is 0 Å². The molecule has 30 heavy (non-hydrogen) atoms. The summed E-state index contributed by atoms with van der Waals surface area (Å²) in [6, 6.07) is 28.5. The van der Waals surface area contributed by atoms with Crippen LogP contribution in [0, 0.1) is 0 Å². The quantitative estimate of drug-likeness (QED) is 0.518. The van der Waals surface area contributed by atoms with Gasteiger partial charge in [-0.1, -0.05) is 66.7 Å². The average molecular weight is 396 g/mol. The van der Waals surface area contributed by atoms with Gasteiger partial charge in [-0.05, 0) is 66.1 Å². The van der Waals surface area contributed by atoms with Gasteiger partial charge < -0.3 is 9.64 Å². The second-order valence-electron chi connectivity index (χ2n) is 8.58. The Morgan fingerprint density at radius 1 is 0.800 bits per heavy atom. The highest BCUT2D eigenvalue weighted by Crippen LogP contribution is 2.49. The monoisotopic (exact) mass is 395 g/mol. The van der Waals surface area contributed by atoms with Crippen molar-refractivity contribution >= 4 is 6.08 Å². The van der Waals surface area contributed by atoms with Gasteiger partial charge in [0.25, 0.3) is 0 Å². The normalized spacial score (nSPS) is 17.0. The molecule has 0 aromatic heterocycles. The highest BCUT2D eigenvalue weighted by molar-refractivity contribution is 5.71. The number of fused-ring (bicyclic) bond motifs is 1. The minimum absolute atomic E-state index is 0.0864. The molecule has 1 aliphatic heterocycles. The molecule has 0 spiro atoms. The van der Waals surface area contributed by atoms with E-state index < -0.39 is 0 Å². The summed E-state index contributed by atoms with van der Waals surface area (Å²) in [6.07, 6.45) is 7.00. The Labute approximate surface area is 179 Å². The molecule has 1 heterocycles.